The summed E-state index contributed by atoms with van der Waals surface area (Å²) in [5.41, 5.74) is 2.33. The van der Waals surface area contributed by atoms with Crippen LogP contribution in [0.15, 0.2) is 18.2 Å². The number of anilines is 2. The summed E-state index contributed by atoms with van der Waals surface area (Å²) < 4.78 is 5.26. The van der Waals surface area contributed by atoms with Gasteiger partial charge in [-0.25, -0.2) is 0 Å². The maximum Gasteiger partial charge on any atom is 0.227 e. The second kappa shape index (κ2) is 6.52. The minimum Gasteiger partial charge on any atom is -0.381 e. The smallest absolute Gasteiger partial charge is 0.227 e. The summed E-state index contributed by atoms with van der Waals surface area (Å²) in [5, 5.41) is 5.70. The van der Waals surface area contributed by atoms with Gasteiger partial charge in [-0.05, 0) is 37.5 Å². The van der Waals surface area contributed by atoms with Crippen molar-refractivity contribution in [2.45, 2.75) is 26.7 Å². The molecule has 0 saturated carbocycles. The molecule has 0 aliphatic carbocycles. The normalized spacial score (nSPS) is 15.7. The van der Waals surface area contributed by atoms with E-state index in [4.69, 9.17) is 4.74 Å². The molecule has 0 atom stereocenters. The second-order valence-electron chi connectivity index (χ2n) is 5.04. The molecule has 5 nitrogen and oxygen atoms in total. The quantitative estimate of drug-likeness (QED) is 0.890. The number of benzene rings is 1. The summed E-state index contributed by atoms with van der Waals surface area (Å²) >= 11 is 0. The number of hydrogen-bond acceptors (Lipinski definition) is 3. The van der Waals surface area contributed by atoms with Crippen molar-refractivity contribution < 1.29 is 14.3 Å². The number of rotatable bonds is 3. The van der Waals surface area contributed by atoms with Crippen LogP contribution in [0.3, 0.4) is 0 Å². The Morgan fingerprint density at radius 2 is 1.75 bits per heavy atom. The van der Waals surface area contributed by atoms with Crippen LogP contribution in [-0.4, -0.2) is 25.0 Å². The van der Waals surface area contributed by atoms with Crippen LogP contribution in [0.1, 0.15) is 25.3 Å². The van der Waals surface area contributed by atoms with E-state index in [0.717, 1.165) is 29.8 Å². The fraction of sp³-hybridized carbons (Fsp3) is 0.467. The molecule has 0 radical (unpaired) electrons. The van der Waals surface area contributed by atoms with Crippen LogP contribution in [0.2, 0.25) is 0 Å². The summed E-state index contributed by atoms with van der Waals surface area (Å²) in [7, 11) is 0. The Morgan fingerprint density at radius 3 is 2.35 bits per heavy atom. The van der Waals surface area contributed by atoms with E-state index in [2.05, 4.69) is 10.6 Å². The Morgan fingerprint density at radius 1 is 1.15 bits per heavy atom. The van der Waals surface area contributed by atoms with Crippen molar-refractivity contribution in [3.8, 4) is 0 Å². The van der Waals surface area contributed by atoms with Crippen LogP contribution in [0, 0.1) is 12.8 Å². The average molecular weight is 276 g/mol. The monoisotopic (exact) mass is 276 g/mol. The summed E-state index contributed by atoms with van der Waals surface area (Å²) in [5.74, 6) is -0.0926. The highest BCUT2D eigenvalue weighted by atomic mass is 16.5. The molecule has 1 saturated heterocycles. The van der Waals surface area contributed by atoms with E-state index in [-0.39, 0.29) is 17.7 Å². The van der Waals surface area contributed by atoms with Gasteiger partial charge in [0.15, 0.2) is 0 Å². The van der Waals surface area contributed by atoms with Crippen LogP contribution in [-0.2, 0) is 14.3 Å². The number of ether oxygens (including phenoxy) is 1. The van der Waals surface area contributed by atoms with Crippen LogP contribution in [0.25, 0.3) is 0 Å². The van der Waals surface area contributed by atoms with Crippen molar-refractivity contribution in [3.63, 3.8) is 0 Å². The van der Waals surface area contributed by atoms with Crippen molar-refractivity contribution in [3.05, 3.63) is 23.8 Å². The standard InChI is InChI=1S/C15H20N2O3/c1-10-13(16-11(2)18)4-3-5-14(10)17-15(19)12-6-8-20-9-7-12/h3-5,12H,6-9H2,1-2H3,(H,16,18)(H,17,19). The predicted molar refractivity (Wildman–Crippen MR) is 77.7 cm³/mol. The van der Waals surface area contributed by atoms with Gasteiger partial charge in [0.05, 0.1) is 0 Å². The third kappa shape index (κ3) is 3.57. The minimum atomic E-state index is -0.124. The number of carbonyl (C=O) groups excluding carboxylic acids is 2. The topological polar surface area (TPSA) is 67.4 Å². The van der Waals surface area contributed by atoms with Gasteiger partial charge in [0.25, 0.3) is 0 Å². The van der Waals surface area contributed by atoms with E-state index in [1.165, 1.54) is 6.92 Å². The molecule has 20 heavy (non-hydrogen) atoms. The molecule has 1 heterocycles. The molecule has 2 rings (SSSR count). The summed E-state index contributed by atoms with van der Waals surface area (Å²) in [4.78, 5) is 23.3. The Labute approximate surface area is 118 Å². The SMILES string of the molecule is CC(=O)Nc1cccc(NC(=O)C2CCOCC2)c1C. The Balaban J connectivity index is 2.08. The molecule has 1 aliphatic heterocycles. The van der Waals surface area contributed by atoms with Gasteiger partial charge in [-0.2, -0.15) is 0 Å². The third-order valence-electron chi connectivity index (χ3n) is 3.49. The lowest BCUT2D eigenvalue weighted by Gasteiger charge is -2.22. The van der Waals surface area contributed by atoms with Crippen molar-refractivity contribution in [1.29, 1.82) is 0 Å². The van der Waals surface area contributed by atoms with Gasteiger partial charge in [0, 0.05) is 37.4 Å². The molecule has 0 aromatic heterocycles. The third-order valence-corrected chi connectivity index (χ3v) is 3.49. The zero-order valence-electron chi connectivity index (χ0n) is 11.9. The van der Waals surface area contributed by atoms with Crippen molar-refractivity contribution >= 4 is 23.2 Å². The zero-order chi connectivity index (χ0) is 14.5. The number of hydrogen-bond donors (Lipinski definition) is 2. The Bertz CT molecular complexity index is 508. The number of carbonyl (C=O) groups is 2. The molecule has 1 aromatic carbocycles. The van der Waals surface area contributed by atoms with Gasteiger partial charge in [0.1, 0.15) is 0 Å². The first-order valence-electron chi connectivity index (χ1n) is 6.83. The molecule has 1 aromatic rings. The predicted octanol–water partition coefficient (Wildman–Crippen LogP) is 2.32. The molecule has 108 valence electrons. The van der Waals surface area contributed by atoms with Gasteiger partial charge in [-0.1, -0.05) is 6.07 Å². The number of amides is 2. The molecule has 1 fully saturated rings. The van der Waals surface area contributed by atoms with Crippen LogP contribution < -0.4 is 10.6 Å². The molecule has 2 N–H and O–H groups in total. The van der Waals surface area contributed by atoms with E-state index in [9.17, 15) is 9.59 Å². The molecule has 2 amide bonds. The molecule has 0 spiro atoms. The van der Waals surface area contributed by atoms with Gasteiger partial charge in [-0.15, -0.1) is 0 Å². The first kappa shape index (κ1) is 14.5. The van der Waals surface area contributed by atoms with Gasteiger partial charge in [-0.3, -0.25) is 9.59 Å². The fourth-order valence-corrected chi connectivity index (χ4v) is 2.29. The van der Waals surface area contributed by atoms with E-state index in [1.54, 1.807) is 0 Å². The van der Waals surface area contributed by atoms with Gasteiger partial charge >= 0.3 is 0 Å². The Kier molecular flexibility index (Phi) is 4.74. The maximum atomic E-state index is 12.2. The molecular weight excluding hydrogens is 256 g/mol. The van der Waals surface area contributed by atoms with E-state index < -0.39 is 0 Å². The highest BCUT2D eigenvalue weighted by Crippen LogP contribution is 2.25. The fourth-order valence-electron chi connectivity index (χ4n) is 2.29. The molecule has 0 bridgehead atoms. The van der Waals surface area contributed by atoms with Crippen LogP contribution >= 0.6 is 0 Å². The average Bonchev–Trinajstić information content (AvgIpc) is 2.43. The van der Waals surface area contributed by atoms with E-state index >= 15 is 0 Å². The first-order valence-corrected chi connectivity index (χ1v) is 6.83. The second-order valence-corrected chi connectivity index (χ2v) is 5.04. The van der Waals surface area contributed by atoms with Crippen molar-refractivity contribution in [1.82, 2.24) is 0 Å². The van der Waals surface area contributed by atoms with Gasteiger partial charge in [0.2, 0.25) is 11.8 Å². The summed E-state index contributed by atoms with van der Waals surface area (Å²) in [6, 6.07) is 5.48. The van der Waals surface area contributed by atoms with Gasteiger partial charge < -0.3 is 15.4 Å². The molecule has 5 heteroatoms. The van der Waals surface area contributed by atoms with Crippen molar-refractivity contribution in [2.24, 2.45) is 5.92 Å². The van der Waals surface area contributed by atoms with E-state index in [0.29, 0.717) is 13.2 Å². The van der Waals surface area contributed by atoms with E-state index in [1.807, 2.05) is 25.1 Å². The summed E-state index contributed by atoms with van der Waals surface area (Å²) in [6.07, 6.45) is 1.52. The lowest BCUT2D eigenvalue weighted by atomic mass is 9.99. The highest BCUT2D eigenvalue weighted by Gasteiger charge is 2.22. The maximum absolute atomic E-state index is 12.2. The van der Waals surface area contributed by atoms with Crippen LogP contribution in [0.5, 0.6) is 0 Å². The first-order chi connectivity index (χ1) is 9.58. The van der Waals surface area contributed by atoms with Crippen molar-refractivity contribution in [2.75, 3.05) is 23.8 Å². The Hall–Kier alpha value is -1.88. The van der Waals surface area contributed by atoms with Crippen LogP contribution in [0.4, 0.5) is 11.4 Å². The zero-order valence-corrected chi connectivity index (χ0v) is 11.9. The largest absolute Gasteiger partial charge is 0.381 e. The molecule has 0 unspecified atom stereocenters. The molecule has 1 aliphatic rings. The summed E-state index contributed by atoms with van der Waals surface area (Å²) in [6.45, 7) is 4.63. The number of nitrogens with one attached hydrogen (secondary N) is 2. The molecular formula is C15H20N2O3. The minimum absolute atomic E-state index is 0.00701. The lowest BCUT2D eigenvalue weighted by molar-refractivity contribution is -0.122. The lowest BCUT2D eigenvalue weighted by Crippen LogP contribution is -2.28. The highest BCUT2D eigenvalue weighted by molar-refractivity contribution is 5.96.